The molecule has 0 spiro atoms. The molecule has 0 radical (unpaired) electrons. The molecule has 7 heteroatoms. The molecule has 1 fully saturated rings. The summed E-state index contributed by atoms with van der Waals surface area (Å²) in [5.74, 6) is 0.741. The van der Waals surface area contributed by atoms with Crippen LogP contribution in [0.4, 0.5) is 10.5 Å². The zero-order chi connectivity index (χ0) is 18.0. The minimum Gasteiger partial charge on any atom is -0.467 e. The van der Waals surface area contributed by atoms with Crippen LogP contribution in [0.1, 0.15) is 50.1 Å². The van der Waals surface area contributed by atoms with E-state index in [0.717, 1.165) is 18.6 Å². The van der Waals surface area contributed by atoms with E-state index >= 15 is 0 Å². The van der Waals surface area contributed by atoms with Gasteiger partial charge in [0.15, 0.2) is 0 Å². The van der Waals surface area contributed by atoms with E-state index in [1.807, 2.05) is 19.9 Å². The van der Waals surface area contributed by atoms with Crippen molar-refractivity contribution in [3.8, 4) is 0 Å². The number of amides is 2. The number of nitro groups is 1. The molecule has 0 bridgehead atoms. The molecule has 0 aliphatic heterocycles. The Balaban J connectivity index is 1.73. The molecule has 1 aliphatic carbocycles. The molecule has 0 unspecified atom stereocenters. The van der Waals surface area contributed by atoms with E-state index in [4.69, 9.17) is 4.42 Å². The third-order valence-electron chi connectivity index (χ3n) is 4.47. The van der Waals surface area contributed by atoms with Crippen molar-refractivity contribution in [1.29, 1.82) is 0 Å². The van der Waals surface area contributed by atoms with Crippen molar-refractivity contribution in [3.05, 3.63) is 64.1 Å². The normalized spacial score (nSPS) is 16.1. The van der Waals surface area contributed by atoms with Crippen molar-refractivity contribution in [3.63, 3.8) is 0 Å². The van der Waals surface area contributed by atoms with Gasteiger partial charge in [0.1, 0.15) is 5.76 Å². The molecule has 25 heavy (non-hydrogen) atoms. The van der Waals surface area contributed by atoms with Crippen LogP contribution in [0, 0.1) is 10.1 Å². The van der Waals surface area contributed by atoms with Gasteiger partial charge in [0.2, 0.25) is 0 Å². The summed E-state index contributed by atoms with van der Waals surface area (Å²) in [6.45, 7) is 3.76. The molecule has 1 aliphatic rings. The second-order valence-corrected chi connectivity index (χ2v) is 6.35. The van der Waals surface area contributed by atoms with Crippen molar-refractivity contribution in [1.82, 2.24) is 10.2 Å². The summed E-state index contributed by atoms with van der Waals surface area (Å²) in [7, 11) is 0. The fourth-order valence-corrected chi connectivity index (χ4v) is 2.93. The van der Waals surface area contributed by atoms with E-state index in [0.29, 0.717) is 5.56 Å². The van der Waals surface area contributed by atoms with E-state index in [-0.39, 0.29) is 29.8 Å². The minimum absolute atomic E-state index is 0.0154. The van der Waals surface area contributed by atoms with E-state index in [2.05, 4.69) is 5.32 Å². The Hall–Kier alpha value is -2.83. The second-order valence-electron chi connectivity index (χ2n) is 6.35. The number of benzene rings is 1. The highest BCUT2D eigenvalue weighted by Crippen LogP contribution is 2.35. The number of rotatable bonds is 6. The van der Waals surface area contributed by atoms with Crippen molar-refractivity contribution in [2.24, 2.45) is 0 Å². The molecule has 1 saturated carbocycles. The third-order valence-corrected chi connectivity index (χ3v) is 4.47. The zero-order valence-corrected chi connectivity index (χ0v) is 14.2. The van der Waals surface area contributed by atoms with E-state index < -0.39 is 4.92 Å². The minimum atomic E-state index is -0.437. The van der Waals surface area contributed by atoms with Crippen LogP contribution in [-0.4, -0.2) is 21.9 Å². The van der Waals surface area contributed by atoms with Gasteiger partial charge in [-0.05, 0) is 44.4 Å². The highest BCUT2D eigenvalue weighted by Gasteiger charge is 2.37. The van der Waals surface area contributed by atoms with Crippen LogP contribution in [0.5, 0.6) is 0 Å². The molecular formula is C18H21N3O4. The lowest BCUT2D eigenvalue weighted by atomic mass is 10.1. The van der Waals surface area contributed by atoms with Crippen LogP contribution in [0.25, 0.3) is 0 Å². The predicted octanol–water partition coefficient (Wildman–Crippen LogP) is 4.18. The van der Waals surface area contributed by atoms with Crippen molar-refractivity contribution >= 4 is 11.7 Å². The topological polar surface area (TPSA) is 88.6 Å². The molecule has 1 aromatic carbocycles. The summed E-state index contributed by atoms with van der Waals surface area (Å²) >= 11 is 0. The SMILES string of the molecule is C[C@H](c1ccco1)N(C(=O)N[C@H](C)c1cccc([N+](=O)[O-])c1)C1CC1. The Kier molecular flexibility index (Phi) is 4.74. The van der Waals surface area contributed by atoms with Crippen molar-refractivity contribution in [2.45, 2.75) is 44.8 Å². The first kappa shape index (κ1) is 17.0. The lowest BCUT2D eigenvalue weighted by Gasteiger charge is -2.29. The molecule has 2 aromatic rings. The Morgan fingerprint density at radius 3 is 2.68 bits per heavy atom. The van der Waals surface area contributed by atoms with Gasteiger partial charge in [-0.2, -0.15) is 0 Å². The van der Waals surface area contributed by atoms with Crippen LogP contribution in [0.15, 0.2) is 47.1 Å². The largest absolute Gasteiger partial charge is 0.467 e. The molecule has 2 atom stereocenters. The average Bonchev–Trinajstić information content (AvgIpc) is 3.26. The highest BCUT2D eigenvalue weighted by atomic mass is 16.6. The summed E-state index contributed by atoms with van der Waals surface area (Å²) in [5, 5.41) is 13.9. The number of furan rings is 1. The number of nitrogens with one attached hydrogen (secondary N) is 1. The van der Waals surface area contributed by atoms with Crippen LogP contribution in [-0.2, 0) is 0 Å². The van der Waals surface area contributed by atoms with Crippen LogP contribution >= 0.6 is 0 Å². The van der Waals surface area contributed by atoms with E-state index in [1.165, 1.54) is 12.1 Å². The second kappa shape index (κ2) is 6.96. The molecule has 1 aromatic heterocycles. The zero-order valence-electron chi connectivity index (χ0n) is 14.2. The maximum atomic E-state index is 12.8. The Bertz CT molecular complexity index is 755. The lowest BCUT2D eigenvalue weighted by Crippen LogP contribution is -2.43. The number of non-ortho nitro benzene ring substituents is 1. The van der Waals surface area contributed by atoms with E-state index in [1.54, 1.807) is 29.4 Å². The first-order valence-corrected chi connectivity index (χ1v) is 8.34. The number of urea groups is 1. The van der Waals surface area contributed by atoms with Crippen molar-refractivity contribution < 1.29 is 14.1 Å². The Morgan fingerprint density at radius 2 is 2.08 bits per heavy atom. The van der Waals surface area contributed by atoms with Crippen LogP contribution in [0.3, 0.4) is 0 Å². The van der Waals surface area contributed by atoms with Gasteiger partial charge in [0.25, 0.3) is 5.69 Å². The molecule has 1 N–H and O–H groups in total. The number of nitrogens with zero attached hydrogens (tertiary/aromatic N) is 2. The number of carbonyl (C=O) groups excluding carboxylic acids is 1. The van der Waals surface area contributed by atoms with Gasteiger partial charge in [0, 0.05) is 18.2 Å². The number of nitro benzene ring substituents is 1. The number of hydrogen-bond donors (Lipinski definition) is 1. The highest BCUT2D eigenvalue weighted by molar-refractivity contribution is 5.76. The standard InChI is InChI=1S/C18H21N3O4/c1-12(14-5-3-6-16(11-14)21(23)24)19-18(22)20(15-8-9-15)13(2)17-7-4-10-25-17/h3-7,10-13,15H,8-9H2,1-2H3,(H,19,22)/t12-,13-/m1/s1. The summed E-state index contributed by atoms with van der Waals surface area (Å²) < 4.78 is 5.44. The molecule has 2 amide bonds. The fraction of sp³-hybridized carbons (Fsp3) is 0.389. The Morgan fingerprint density at radius 1 is 1.32 bits per heavy atom. The summed E-state index contributed by atoms with van der Waals surface area (Å²) in [4.78, 5) is 25.1. The summed E-state index contributed by atoms with van der Waals surface area (Å²) in [5.41, 5.74) is 0.713. The first-order chi connectivity index (χ1) is 12.0. The number of carbonyl (C=O) groups is 1. The maximum absolute atomic E-state index is 12.8. The quantitative estimate of drug-likeness (QED) is 0.629. The fourth-order valence-electron chi connectivity index (χ4n) is 2.93. The average molecular weight is 343 g/mol. The molecular weight excluding hydrogens is 322 g/mol. The summed E-state index contributed by atoms with van der Waals surface area (Å²) in [6, 6.07) is 9.50. The number of hydrogen-bond acceptors (Lipinski definition) is 4. The lowest BCUT2D eigenvalue weighted by molar-refractivity contribution is -0.384. The van der Waals surface area contributed by atoms with Crippen LogP contribution in [0.2, 0.25) is 0 Å². The molecule has 0 saturated heterocycles. The van der Waals surface area contributed by atoms with Crippen LogP contribution < -0.4 is 5.32 Å². The van der Waals surface area contributed by atoms with Gasteiger partial charge in [0.05, 0.1) is 23.3 Å². The monoisotopic (exact) mass is 343 g/mol. The molecule has 1 heterocycles. The van der Waals surface area contributed by atoms with Gasteiger partial charge in [-0.3, -0.25) is 10.1 Å². The van der Waals surface area contributed by atoms with Crippen molar-refractivity contribution in [2.75, 3.05) is 0 Å². The predicted molar refractivity (Wildman–Crippen MR) is 92.0 cm³/mol. The molecule has 7 nitrogen and oxygen atoms in total. The maximum Gasteiger partial charge on any atom is 0.318 e. The van der Waals surface area contributed by atoms with Gasteiger partial charge in [-0.1, -0.05) is 12.1 Å². The smallest absolute Gasteiger partial charge is 0.318 e. The first-order valence-electron chi connectivity index (χ1n) is 8.34. The van der Waals surface area contributed by atoms with E-state index in [9.17, 15) is 14.9 Å². The van der Waals surface area contributed by atoms with Gasteiger partial charge in [-0.25, -0.2) is 4.79 Å². The molecule has 3 rings (SSSR count). The third kappa shape index (κ3) is 3.81. The van der Waals surface area contributed by atoms with Gasteiger partial charge >= 0.3 is 6.03 Å². The van der Waals surface area contributed by atoms with Gasteiger partial charge in [-0.15, -0.1) is 0 Å². The Labute approximate surface area is 145 Å². The summed E-state index contributed by atoms with van der Waals surface area (Å²) in [6.07, 6.45) is 3.55. The molecule has 132 valence electrons. The van der Waals surface area contributed by atoms with Gasteiger partial charge < -0.3 is 14.6 Å².